The van der Waals surface area contributed by atoms with Gasteiger partial charge in [0.05, 0.1) is 5.02 Å². The van der Waals surface area contributed by atoms with E-state index >= 15 is 0 Å². The molecular formula is C19H18ClFN2O2. The largest absolute Gasteiger partial charge is 0.350 e. The molecule has 1 aliphatic rings. The normalized spacial score (nSPS) is 14.0. The molecule has 0 bridgehead atoms. The van der Waals surface area contributed by atoms with Crippen molar-refractivity contribution in [1.82, 2.24) is 5.32 Å². The van der Waals surface area contributed by atoms with Gasteiger partial charge >= 0.3 is 0 Å². The van der Waals surface area contributed by atoms with E-state index in [1.54, 1.807) is 6.07 Å². The van der Waals surface area contributed by atoms with Crippen molar-refractivity contribution < 1.29 is 14.0 Å². The highest BCUT2D eigenvalue weighted by atomic mass is 35.5. The van der Waals surface area contributed by atoms with Crippen molar-refractivity contribution in [3.05, 3.63) is 64.4 Å². The van der Waals surface area contributed by atoms with E-state index in [4.69, 9.17) is 11.6 Å². The van der Waals surface area contributed by atoms with E-state index < -0.39 is 5.82 Å². The minimum atomic E-state index is -0.497. The molecule has 6 heteroatoms. The van der Waals surface area contributed by atoms with Crippen LogP contribution >= 0.6 is 11.6 Å². The molecule has 0 saturated heterocycles. The predicted molar refractivity (Wildman–Crippen MR) is 95.0 cm³/mol. The summed E-state index contributed by atoms with van der Waals surface area (Å²) in [5.41, 5.74) is 2.57. The maximum absolute atomic E-state index is 13.2. The number of aryl methyl sites for hydroxylation is 1. The molecular weight excluding hydrogens is 343 g/mol. The third kappa shape index (κ3) is 4.17. The molecule has 25 heavy (non-hydrogen) atoms. The van der Waals surface area contributed by atoms with Gasteiger partial charge in [-0.25, -0.2) is 4.39 Å². The summed E-state index contributed by atoms with van der Waals surface area (Å²) in [6.45, 7) is 0.188. The van der Waals surface area contributed by atoms with Crippen molar-refractivity contribution in [1.29, 1.82) is 0 Å². The van der Waals surface area contributed by atoms with Crippen LogP contribution in [0.5, 0.6) is 0 Å². The van der Waals surface area contributed by atoms with Gasteiger partial charge in [-0.15, -0.1) is 0 Å². The predicted octanol–water partition coefficient (Wildman–Crippen LogP) is 3.46. The number of carbonyl (C=O) groups is 2. The van der Waals surface area contributed by atoms with Crippen LogP contribution in [0.4, 0.5) is 10.1 Å². The number of fused-ring (bicyclic) bond motifs is 1. The topological polar surface area (TPSA) is 49.4 Å². The number of para-hydroxylation sites is 1. The molecule has 0 fully saturated rings. The molecule has 3 rings (SSSR count). The van der Waals surface area contributed by atoms with Gasteiger partial charge in [0.1, 0.15) is 12.4 Å². The van der Waals surface area contributed by atoms with Gasteiger partial charge in [0.25, 0.3) is 0 Å². The minimum absolute atomic E-state index is 0.0170. The van der Waals surface area contributed by atoms with E-state index in [9.17, 15) is 14.0 Å². The lowest BCUT2D eigenvalue weighted by Crippen LogP contribution is -2.40. The molecule has 1 N–H and O–H groups in total. The Morgan fingerprint density at radius 2 is 2.00 bits per heavy atom. The van der Waals surface area contributed by atoms with E-state index in [2.05, 4.69) is 5.32 Å². The SMILES string of the molecule is O=C(CN1C(=O)CCCc2ccccc21)NCc1ccc(F)c(Cl)c1. The molecule has 1 aliphatic heterocycles. The molecule has 2 aromatic carbocycles. The van der Waals surface area contributed by atoms with Gasteiger partial charge < -0.3 is 10.2 Å². The van der Waals surface area contributed by atoms with Crippen LogP contribution in [0.15, 0.2) is 42.5 Å². The van der Waals surface area contributed by atoms with Crippen molar-refractivity contribution >= 4 is 29.1 Å². The van der Waals surface area contributed by atoms with E-state index in [1.807, 2.05) is 24.3 Å². The number of amides is 2. The average molecular weight is 361 g/mol. The Morgan fingerprint density at radius 1 is 1.20 bits per heavy atom. The number of hydrogen-bond donors (Lipinski definition) is 1. The van der Waals surface area contributed by atoms with Crippen LogP contribution in [0.25, 0.3) is 0 Å². The van der Waals surface area contributed by atoms with Crippen LogP contribution < -0.4 is 10.2 Å². The second-order valence-electron chi connectivity index (χ2n) is 5.99. The number of benzene rings is 2. The number of nitrogens with one attached hydrogen (secondary N) is 1. The number of carbonyl (C=O) groups excluding carboxylic acids is 2. The number of halogens is 2. The molecule has 0 radical (unpaired) electrons. The molecule has 130 valence electrons. The van der Waals surface area contributed by atoms with Crippen molar-refractivity contribution in [2.45, 2.75) is 25.8 Å². The van der Waals surface area contributed by atoms with Gasteiger partial charge in [-0.3, -0.25) is 9.59 Å². The van der Waals surface area contributed by atoms with Gasteiger partial charge in [0.15, 0.2) is 0 Å². The molecule has 0 unspecified atom stereocenters. The second-order valence-corrected chi connectivity index (χ2v) is 6.39. The fourth-order valence-electron chi connectivity index (χ4n) is 2.91. The van der Waals surface area contributed by atoms with Gasteiger partial charge in [0, 0.05) is 18.7 Å². The van der Waals surface area contributed by atoms with Crippen LogP contribution in [0, 0.1) is 5.82 Å². The zero-order valence-corrected chi connectivity index (χ0v) is 14.4. The summed E-state index contributed by atoms with van der Waals surface area (Å²) in [6, 6.07) is 12.0. The minimum Gasteiger partial charge on any atom is -0.350 e. The fourth-order valence-corrected chi connectivity index (χ4v) is 3.11. The van der Waals surface area contributed by atoms with Gasteiger partial charge in [-0.05, 0) is 42.2 Å². The van der Waals surface area contributed by atoms with Crippen molar-refractivity contribution in [3.8, 4) is 0 Å². The van der Waals surface area contributed by atoms with Crippen LogP contribution in [-0.4, -0.2) is 18.4 Å². The third-order valence-electron chi connectivity index (χ3n) is 4.20. The van der Waals surface area contributed by atoms with Gasteiger partial charge in [-0.2, -0.15) is 0 Å². The molecule has 2 amide bonds. The number of anilines is 1. The molecule has 0 saturated carbocycles. The number of hydrogen-bond acceptors (Lipinski definition) is 2. The standard InChI is InChI=1S/C19H18ClFN2O2/c20-15-10-13(8-9-16(15)21)11-22-18(24)12-23-17-6-2-1-4-14(17)5-3-7-19(23)25/h1-2,4,6,8-10H,3,5,7,11-12H2,(H,22,24). The van der Waals surface area contributed by atoms with Crippen molar-refractivity contribution in [3.63, 3.8) is 0 Å². The fraction of sp³-hybridized carbons (Fsp3) is 0.263. The summed E-state index contributed by atoms with van der Waals surface area (Å²) in [5, 5.41) is 2.77. The highest BCUT2D eigenvalue weighted by molar-refractivity contribution is 6.30. The lowest BCUT2D eigenvalue weighted by Gasteiger charge is -2.22. The summed E-state index contributed by atoms with van der Waals surface area (Å²) in [7, 11) is 0. The molecule has 2 aromatic rings. The number of nitrogens with zero attached hydrogens (tertiary/aromatic N) is 1. The average Bonchev–Trinajstić information content (AvgIpc) is 2.75. The smallest absolute Gasteiger partial charge is 0.240 e. The Morgan fingerprint density at radius 3 is 2.80 bits per heavy atom. The summed E-state index contributed by atoms with van der Waals surface area (Å²) in [5.74, 6) is -0.820. The Balaban J connectivity index is 1.67. The highest BCUT2D eigenvalue weighted by Crippen LogP contribution is 2.26. The van der Waals surface area contributed by atoms with Crippen LogP contribution in [0.1, 0.15) is 24.0 Å². The van der Waals surface area contributed by atoms with Crippen LogP contribution in [-0.2, 0) is 22.6 Å². The monoisotopic (exact) mass is 360 g/mol. The van der Waals surface area contributed by atoms with Crippen molar-refractivity contribution in [2.24, 2.45) is 0 Å². The van der Waals surface area contributed by atoms with Crippen molar-refractivity contribution in [2.75, 3.05) is 11.4 Å². The first kappa shape index (κ1) is 17.4. The molecule has 4 nitrogen and oxygen atoms in total. The van der Waals surface area contributed by atoms with Gasteiger partial charge in [0.2, 0.25) is 11.8 Å². The van der Waals surface area contributed by atoms with E-state index in [-0.39, 0.29) is 29.9 Å². The summed E-state index contributed by atoms with van der Waals surface area (Å²) in [4.78, 5) is 26.2. The first-order valence-corrected chi connectivity index (χ1v) is 8.51. The summed E-state index contributed by atoms with van der Waals surface area (Å²) >= 11 is 5.74. The molecule has 0 aromatic heterocycles. The van der Waals surface area contributed by atoms with E-state index in [0.717, 1.165) is 24.1 Å². The van der Waals surface area contributed by atoms with E-state index in [0.29, 0.717) is 12.0 Å². The van der Waals surface area contributed by atoms with E-state index in [1.165, 1.54) is 17.0 Å². The summed E-state index contributed by atoms with van der Waals surface area (Å²) in [6.07, 6.45) is 2.03. The lowest BCUT2D eigenvalue weighted by molar-refractivity contribution is -0.123. The first-order valence-electron chi connectivity index (χ1n) is 8.13. The van der Waals surface area contributed by atoms with Crippen LogP contribution in [0.3, 0.4) is 0 Å². The summed E-state index contributed by atoms with van der Waals surface area (Å²) < 4.78 is 13.2. The molecule has 0 atom stereocenters. The Bertz CT molecular complexity index is 810. The second kappa shape index (κ2) is 7.66. The molecule has 0 aliphatic carbocycles. The Kier molecular flexibility index (Phi) is 5.34. The Labute approximate surface area is 150 Å². The van der Waals surface area contributed by atoms with Crippen LogP contribution in [0.2, 0.25) is 5.02 Å². The first-order chi connectivity index (χ1) is 12.0. The zero-order chi connectivity index (χ0) is 17.8. The number of rotatable bonds is 4. The van der Waals surface area contributed by atoms with Gasteiger partial charge in [-0.1, -0.05) is 35.9 Å². The highest BCUT2D eigenvalue weighted by Gasteiger charge is 2.23. The quantitative estimate of drug-likeness (QED) is 0.907. The molecule has 0 spiro atoms. The molecule has 1 heterocycles. The third-order valence-corrected chi connectivity index (χ3v) is 4.49. The maximum atomic E-state index is 13.2. The maximum Gasteiger partial charge on any atom is 0.240 e. The zero-order valence-electron chi connectivity index (χ0n) is 13.6. The Hall–Kier alpha value is -2.40. The lowest BCUT2D eigenvalue weighted by atomic mass is 10.1.